The van der Waals surface area contributed by atoms with E-state index >= 15 is 4.39 Å². The lowest BCUT2D eigenvalue weighted by Crippen LogP contribution is -2.40. The maximum atomic E-state index is 15.5. The monoisotopic (exact) mass is 575 g/mol. The molecule has 3 heterocycles. The van der Waals surface area contributed by atoms with E-state index in [1.54, 1.807) is 12.1 Å². The Hall–Kier alpha value is -2.66. The zero-order chi connectivity index (χ0) is 27.9. The Labute approximate surface area is 232 Å². The van der Waals surface area contributed by atoms with Gasteiger partial charge in [0.2, 0.25) is 11.7 Å². The van der Waals surface area contributed by atoms with Crippen LogP contribution in [0.25, 0.3) is 11.4 Å². The summed E-state index contributed by atoms with van der Waals surface area (Å²) >= 11 is 6.03. The number of rotatable bonds is 5. The number of ether oxygens (including phenoxy) is 1. The smallest absolute Gasteiger partial charge is 0.227 e. The van der Waals surface area contributed by atoms with Gasteiger partial charge in [0.05, 0.1) is 27.9 Å². The average Bonchev–Trinajstić information content (AvgIpc) is 3.31. The van der Waals surface area contributed by atoms with Crippen LogP contribution in [0.15, 0.2) is 45.8 Å². The van der Waals surface area contributed by atoms with Gasteiger partial charge in [-0.3, -0.25) is 4.79 Å². The first-order valence-electron chi connectivity index (χ1n) is 13.0. The zero-order valence-corrected chi connectivity index (χ0v) is 23.4. The van der Waals surface area contributed by atoms with Crippen LogP contribution in [-0.2, 0) is 32.2 Å². The first-order valence-corrected chi connectivity index (χ1v) is 15.0. The van der Waals surface area contributed by atoms with Gasteiger partial charge in [0.1, 0.15) is 5.82 Å². The maximum Gasteiger partial charge on any atom is 0.227 e. The first kappa shape index (κ1) is 27.9. The van der Waals surface area contributed by atoms with Crippen molar-refractivity contribution in [3.63, 3.8) is 0 Å². The second-order valence-electron chi connectivity index (χ2n) is 11.1. The quantitative estimate of drug-likeness (QED) is 0.465. The van der Waals surface area contributed by atoms with Crippen LogP contribution in [0.1, 0.15) is 56.0 Å². The molecule has 0 aliphatic carbocycles. The van der Waals surface area contributed by atoms with E-state index in [-0.39, 0.29) is 40.0 Å². The van der Waals surface area contributed by atoms with Crippen molar-refractivity contribution in [1.29, 1.82) is 0 Å². The summed E-state index contributed by atoms with van der Waals surface area (Å²) in [6, 6.07) is 8.32. The molecule has 0 saturated carbocycles. The Morgan fingerprint density at radius 2 is 1.92 bits per heavy atom. The molecule has 3 aromatic rings. The molecule has 2 N–H and O–H groups in total. The molecule has 2 aromatic carbocycles. The van der Waals surface area contributed by atoms with E-state index < -0.39 is 33.4 Å². The highest BCUT2D eigenvalue weighted by atomic mass is 35.5. The van der Waals surface area contributed by atoms with Gasteiger partial charge in [-0.15, -0.1) is 0 Å². The lowest BCUT2D eigenvalue weighted by molar-refractivity contribution is -0.120. The highest BCUT2D eigenvalue weighted by Crippen LogP contribution is 2.38. The van der Waals surface area contributed by atoms with Gasteiger partial charge >= 0.3 is 0 Å². The Kier molecular flexibility index (Phi) is 7.67. The van der Waals surface area contributed by atoms with Crippen molar-refractivity contribution in [1.82, 2.24) is 10.1 Å². The third-order valence-electron chi connectivity index (χ3n) is 7.50. The molecule has 0 bridgehead atoms. The summed E-state index contributed by atoms with van der Waals surface area (Å²) in [6.45, 7) is 4.72. The fourth-order valence-electron chi connectivity index (χ4n) is 5.57. The van der Waals surface area contributed by atoms with Gasteiger partial charge in [0.25, 0.3) is 0 Å². The van der Waals surface area contributed by atoms with Crippen LogP contribution in [0.4, 0.5) is 4.39 Å². The number of halogens is 2. The lowest BCUT2D eigenvalue weighted by Gasteiger charge is -2.34. The van der Waals surface area contributed by atoms with Gasteiger partial charge < -0.3 is 15.0 Å². The number of nitrogens with two attached hydrogens (primary N) is 1. The number of benzene rings is 2. The molecule has 2 unspecified atom stereocenters. The molecular weight excluding hydrogens is 545 g/mol. The molecule has 5 rings (SSSR count). The van der Waals surface area contributed by atoms with E-state index in [1.807, 2.05) is 26.0 Å². The Morgan fingerprint density at radius 3 is 2.64 bits per heavy atom. The Bertz CT molecular complexity index is 1490. The first-order chi connectivity index (χ1) is 18.4. The van der Waals surface area contributed by atoms with Crippen molar-refractivity contribution in [2.45, 2.75) is 68.4 Å². The van der Waals surface area contributed by atoms with E-state index in [4.69, 9.17) is 26.6 Å². The molecule has 0 spiro atoms. The molecule has 1 aromatic heterocycles. The van der Waals surface area contributed by atoms with E-state index in [0.29, 0.717) is 35.9 Å². The minimum absolute atomic E-state index is 0.00835. The SMILES string of the molecule is CC1(C)CC(Cc2nc(-c3cc4c(cc3F)S(=O)(=O)C[C@H](N)C(=O)CC4Cc3ccc(Cl)cc3)no2)CCO1. The maximum absolute atomic E-state index is 15.5. The standard InChI is InChI=1S/C28H31ClFN3O5S/c1-28(2)14-17(7-8-37-28)10-26-32-27(33-38-26)21-12-20-18(9-16-3-5-19(29)6-4-16)11-24(34)23(31)15-39(35,36)25(20)13-22(21)30/h3-6,12-13,17-18,23H,7-11,14-15,31H2,1-2H3/t17?,18?,23-/m0/s1. The average molecular weight is 576 g/mol. The van der Waals surface area contributed by atoms with Crippen molar-refractivity contribution >= 4 is 27.2 Å². The molecule has 0 radical (unpaired) electrons. The molecular formula is C28H31ClFN3O5S. The molecule has 11 heteroatoms. The molecule has 2 aliphatic heterocycles. The number of nitrogens with zero attached hydrogens (tertiary/aromatic N) is 2. The number of sulfone groups is 1. The fraction of sp³-hybridized carbons (Fsp3) is 0.464. The zero-order valence-electron chi connectivity index (χ0n) is 21.8. The third kappa shape index (κ3) is 6.24. The molecule has 1 saturated heterocycles. The third-order valence-corrected chi connectivity index (χ3v) is 9.57. The van der Waals surface area contributed by atoms with Crippen LogP contribution in [0.2, 0.25) is 5.02 Å². The number of fused-ring (bicyclic) bond motifs is 1. The largest absolute Gasteiger partial charge is 0.376 e. The van der Waals surface area contributed by atoms with Gasteiger partial charge in [-0.1, -0.05) is 28.9 Å². The Balaban J connectivity index is 1.52. The summed E-state index contributed by atoms with van der Waals surface area (Å²) < 4.78 is 53.2. The topological polar surface area (TPSA) is 125 Å². The van der Waals surface area contributed by atoms with Crippen molar-refractivity contribution < 1.29 is 26.9 Å². The van der Waals surface area contributed by atoms with Crippen LogP contribution < -0.4 is 5.73 Å². The highest BCUT2D eigenvalue weighted by molar-refractivity contribution is 7.91. The van der Waals surface area contributed by atoms with Crippen molar-refractivity contribution in [2.75, 3.05) is 12.4 Å². The summed E-state index contributed by atoms with van der Waals surface area (Å²) in [5.41, 5.74) is 6.89. The molecule has 2 aliphatic rings. The van der Waals surface area contributed by atoms with Gasteiger partial charge in [-0.05, 0) is 80.3 Å². The molecule has 0 amide bonds. The number of Topliss-reactive ketones (excluding diaryl/α,β-unsaturated/α-hetero) is 1. The molecule has 208 valence electrons. The number of hydrogen-bond acceptors (Lipinski definition) is 8. The van der Waals surface area contributed by atoms with Gasteiger partial charge in [0, 0.05) is 24.5 Å². The van der Waals surface area contributed by atoms with E-state index in [0.717, 1.165) is 24.5 Å². The normalized spacial score (nSPS) is 24.5. The molecule has 8 nitrogen and oxygen atoms in total. The van der Waals surface area contributed by atoms with E-state index in [2.05, 4.69) is 10.1 Å². The number of carbonyl (C=O) groups excluding carboxylic acids is 1. The predicted octanol–water partition coefficient (Wildman–Crippen LogP) is 4.68. The van der Waals surface area contributed by atoms with Crippen molar-refractivity contribution in [3.8, 4) is 11.4 Å². The van der Waals surface area contributed by atoms with Crippen LogP contribution >= 0.6 is 11.6 Å². The van der Waals surface area contributed by atoms with Gasteiger partial charge in [-0.25, -0.2) is 12.8 Å². The second kappa shape index (κ2) is 10.7. The summed E-state index contributed by atoms with van der Waals surface area (Å²) in [7, 11) is -4.05. The summed E-state index contributed by atoms with van der Waals surface area (Å²) in [5.74, 6) is -1.61. The lowest BCUT2D eigenvalue weighted by atomic mass is 9.85. The number of ketones is 1. The molecule has 1 fully saturated rings. The van der Waals surface area contributed by atoms with Gasteiger partial charge in [0.15, 0.2) is 15.6 Å². The van der Waals surface area contributed by atoms with Crippen LogP contribution in [0.3, 0.4) is 0 Å². The summed E-state index contributed by atoms with van der Waals surface area (Å²) in [6.07, 6.45) is 2.56. The minimum atomic E-state index is -4.05. The van der Waals surface area contributed by atoms with Crippen LogP contribution in [0.5, 0.6) is 0 Å². The van der Waals surface area contributed by atoms with E-state index in [9.17, 15) is 13.2 Å². The van der Waals surface area contributed by atoms with Crippen molar-refractivity contribution in [2.24, 2.45) is 11.7 Å². The van der Waals surface area contributed by atoms with Crippen molar-refractivity contribution in [3.05, 3.63) is 64.3 Å². The number of carbonyl (C=O) groups is 1. The minimum Gasteiger partial charge on any atom is -0.376 e. The summed E-state index contributed by atoms with van der Waals surface area (Å²) in [5, 5.41) is 4.57. The number of aromatic nitrogens is 2. The van der Waals surface area contributed by atoms with Crippen LogP contribution in [-0.4, -0.2) is 48.3 Å². The van der Waals surface area contributed by atoms with E-state index in [1.165, 1.54) is 6.07 Å². The Morgan fingerprint density at radius 1 is 1.18 bits per heavy atom. The van der Waals surface area contributed by atoms with Gasteiger partial charge in [-0.2, -0.15) is 4.98 Å². The fourth-order valence-corrected chi connectivity index (χ4v) is 7.40. The molecule has 39 heavy (non-hydrogen) atoms. The molecule has 3 atom stereocenters. The second-order valence-corrected chi connectivity index (χ2v) is 13.6. The number of hydrogen-bond donors (Lipinski definition) is 1. The predicted molar refractivity (Wildman–Crippen MR) is 144 cm³/mol. The van der Waals surface area contributed by atoms with Crippen LogP contribution in [0, 0.1) is 11.7 Å². The summed E-state index contributed by atoms with van der Waals surface area (Å²) in [4.78, 5) is 17.1. The highest BCUT2D eigenvalue weighted by Gasteiger charge is 2.35.